The molecule has 0 bridgehead atoms. The molecule has 1 unspecified atom stereocenters. The van der Waals surface area contributed by atoms with E-state index in [4.69, 9.17) is 0 Å². The number of benzene rings is 1. The molecule has 0 saturated carbocycles. The fourth-order valence-corrected chi connectivity index (χ4v) is 3.10. The molecule has 3 aromatic rings. The van der Waals surface area contributed by atoms with Crippen molar-refractivity contribution in [2.24, 2.45) is 14.1 Å². The topological polar surface area (TPSA) is 64.7 Å². The third-order valence-electron chi connectivity index (χ3n) is 4.34. The van der Waals surface area contributed by atoms with E-state index in [1.165, 1.54) is 0 Å². The summed E-state index contributed by atoms with van der Waals surface area (Å²) in [6.45, 7) is 8.12. The third-order valence-corrected chi connectivity index (χ3v) is 4.34. The molecule has 6 nitrogen and oxygen atoms in total. The second kappa shape index (κ2) is 6.02. The van der Waals surface area contributed by atoms with Gasteiger partial charge in [0.1, 0.15) is 5.82 Å². The highest BCUT2D eigenvalue weighted by Gasteiger charge is 2.27. The second-order valence-corrected chi connectivity index (χ2v) is 7.53. The average molecular weight is 339 g/mol. The molecule has 0 aliphatic rings. The number of fused-ring (bicyclic) bond motifs is 1. The largest absolute Gasteiger partial charge is 0.342 e. The van der Waals surface area contributed by atoms with E-state index >= 15 is 0 Å². The Hall–Kier alpha value is -2.63. The van der Waals surface area contributed by atoms with Gasteiger partial charge in [0, 0.05) is 25.7 Å². The first-order valence-electron chi connectivity index (χ1n) is 8.45. The number of imidazole rings is 1. The van der Waals surface area contributed by atoms with Crippen molar-refractivity contribution in [3.8, 4) is 0 Å². The summed E-state index contributed by atoms with van der Waals surface area (Å²) in [5, 5.41) is 7.53. The number of hydrogen-bond acceptors (Lipinski definition) is 3. The fraction of sp³-hybridized carbons (Fsp3) is 0.421. The Morgan fingerprint density at radius 1 is 1.20 bits per heavy atom. The molecule has 1 aromatic carbocycles. The van der Waals surface area contributed by atoms with E-state index in [9.17, 15) is 4.79 Å². The number of nitrogens with zero attached hydrogens (tertiary/aromatic N) is 4. The molecule has 3 rings (SSSR count). The van der Waals surface area contributed by atoms with Crippen molar-refractivity contribution < 1.29 is 4.79 Å². The molecule has 0 saturated heterocycles. The Kier molecular flexibility index (Phi) is 4.14. The second-order valence-electron chi connectivity index (χ2n) is 7.53. The van der Waals surface area contributed by atoms with Gasteiger partial charge in [-0.2, -0.15) is 5.10 Å². The highest BCUT2D eigenvalue weighted by atomic mass is 16.1. The Bertz CT molecular complexity index is 929. The maximum atomic E-state index is 12.8. The Balaban J connectivity index is 1.89. The fourth-order valence-electron chi connectivity index (χ4n) is 3.10. The van der Waals surface area contributed by atoms with Crippen LogP contribution in [0.1, 0.15) is 55.6 Å². The van der Waals surface area contributed by atoms with Crippen molar-refractivity contribution in [1.82, 2.24) is 24.6 Å². The summed E-state index contributed by atoms with van der Waals surface area (Å²) in [4.78, 5) is 17.5. The lowest BCUT2D eigenvalue weighted by Gasteiger charge is -2.18. The van der Waals surface area contributed by atoms with Crippen molar-refractivity contribution in [3.63, 3.8) is 0 Å². The van der Waals surface area contributed by atoms with Gasteiger partial charge < -0.3 is 9.88 Å². The molecule has 1 atom stereocenters. The Labute approximate surface area is 147 Å². The van der Waals surface area contributed by atoms with E-state index in [1.807, 2.05) is 49.9 Å². The third kappa shape index (κ3) is 3.16. The predicted octanol–water partition coefficient (Wildman–Crippen LogP) is 3.10. The molecule has 0 fully saturated rings. The van der Waals surface area contributed by atoms with Gasteiger partial charge in [-0.25, -0.2) is 4.98 Å². The number of carbonyl (C=O) groups is 1. The minimum absolute atomic E-state index is 0.127. The first-order chi connectivity index (χ1) is 11.7. The molecule has 6 heteroatoms. The van der Waals surface area contributed by atoms with Crippen LogP contribution in [0.2, 0.25) is 0 Å². The first kappa shape index (κ1) is 17.2. The van der Waals surface area contributed by atoms with Crippen LogP contribution in [0.4, 0.5) is 0 Å². The van der Waals surface area contributed by atoms with Crippen LogP contribution >= 0.6 is 0 Å². The average Bonchev–Trinajstić information content (AvgIpc) is 3.08. The van der Waals surface area contributed by atoms with Gasteiger partial charge in [0.25, 0.3) is 5.91 Å². The number of amides is 1. The number of hydrogen-bond donors (Lipinski definition) is 1. The molecule has 0 aliphatic carbocycles. The van der Waals surface area contributed by atoms with Gasteiger partial charge in [-0.15, -0.1) is 0 Å². The molecule has 1 N–H and O–H groups in total. The molecule has 132 valence electrons. The summed E-state index contributed by atoms with van der Waals surface area (Å²) >= 11 is 0. The zero-order valence-electron chi connectivity index (χ0n) is 15.7. The minimum Gasteiger partial charge on any atom is -0.342 e. The minimum atomic E-state index is -0.210. The smallest absolute Gasteiger partial charge is 0.255 e. The maximum absolute atomic E-state index is 12.8. The van der Waals surface area contributed by atoms with Crippen molar-refractivity contribution in [3.05, 3.63) is 47.5 Å². The molecular weight excluding hydrogens is 314 g/mol. The van der Waals surface area contributed by atoms with Crippen LogP contribution in [-0.2, 0) is 19.5 Å². The quantitative estimate of drug-likeness (QED) is 0.797. The first-order valence-corrected chi connectivity index (χ1v) is 8.45. The standard InChI is InChI=1S/C19H25N5O/c1-12(17-21-14-9-7-8-10-15(14)24(17)6)20-18(25)13-11-23(5)22-16(13)19(2,3)4/h7-12H,1-6H3,(H,20,25). The van der Waals surface area contributed by atoms with Crippen molar-refractivity contribution >= 4 is 16.9 Å². The van der Waals surface area contributed by atoms with E-state index in [-0.39, 0.29) is 17.4 Å². The van der Waals surface area contributed by atoms with Gasteiger partial charge in [-0.1, -0.05) is 32.9 Å². The number of nitrogens with one attached hydrogen (secondary N) is 1. The zero-order chi connectivity index (χ0) is 18.4. The van der Waals surface area contributed by atoms with Crippen LogP contribution in [0, 0.1) is 0 Å². The van der Waals surface area contributed by atoms with Gasteiger partial charge in [0.05, 0.1) is 28.3 Å². The molecule has 0 spiro atoms. The predicted molar refractivity (Wildman–Crippen MR) is 98.5 cm³/mol. The van der Waals surface area contributed by atoms with Crippen molar-refractivity contribution in [2.75, 3.05) is 0 Å². The van der Waals surface area contributed by atoms with E-state index in [0.29, 0.717) is 5.56 Å². The van der Waals surface area contributed by atoms with Crippen molar-refractivity contribution in [1.29, 1.82) is 0 Å². The Morgan fingerprint density at radius 3 is 2.52 bits per heavy atom. The Morgan fingerprint density at radius 2 is 1.88 bits per heavy atom. The summed E-state index contributed by atoms with van der Waals surface area (Å²) in [5.41, 5.74) is 3.19. The molecule has 2 heterocycles. The summed E-state index contributed by atoms with van der Waals surface area (Å²) < 4.78 is 3.71. The monoisotopic (exact) mass is 339 g/mol. The molecule has 2 aromatic heterocycles. The summed E-state index contributed by atoms with van der Waals surface area (Å²) in [7, 11) is 3.80. The van der Waals surface area contributed by atoms with Crippen LogP contribution in [0.25, 0.3) is 11.0 Å². The number of carbonyl (C=O) groups excluding carboxylic acids is 1. The number of para-hydroxylation sites is 2. The lowest BCUT2D eigenvalue weighted by Crippen LogP contribution is -2.30. The van der Waals surface area contributed by atoms with Crippen LogP contribution < -0.4 is 5.32 Å². The molecule has 0 radical (unpaired) electrons. The van der Waals surface area contributed by atoms with Gasteiger partial charge >= 0.3 is 0 Å². The zero-order valence-corrected chi connectivity index (χ0v) is 15.7. The van der Waals surface area contributed by atoms with E-state index < -0.39 is 0 Å². The molecular formula is C19H25N5O. The van der Waals surface area contributed by atoms with Gasteiger partial charge in [0.2, 0.25) is 0 Å². The van der Waals surface area contributed by atoms with Crippen LogP contribution in [0.3, 0.4) is 0 Å². The molecule has 1 amide bonds. The van der Waals surface area contributed by atoms with Gasteiger partial charge in [-0.3, -0.25) is 9.48 Å². The number of aromatic nitrogens is 4. The number of rotatable bonds is 3. The van der Waals surface area contributed by atoms with Crippen LogP contribution in [0.5, 0.6) is 0 Å². The normalized spacial score (nSPS) is 13.2. The van der Waals surface area contributed by atoms with Gasteiger partial charge in [-0.05, 0) is 19.1 Å². The summed E-state index contributed by atoms with van der Waals surface area (Å²) in [6, 6.07) is 7.75. The lowest BCUT2D eigenvalue weighted by molar-refractivity contribution is 0.0935. The highest BCUT2D eigenvalue weighted by molar-refractivity contribution is 5.95. The summed E-state index contributed by atoms with van der Waals surface area (Å²) in [6.07, 6.45) is 1.78. The van der Waals surface area contributed by atoms with Crippen LogP contribution in [-0.4, -0.2) is 25.2 Å². The SMILES string of the molecule is CC(NC(=O)c1cn(C)nc1C(C)(C)C)c1nc2ccccc2n1C. The van der Waals surface area contributed by atoms with E-state index in [0.717, 1.165) is 22.6 Å². The van der Waals surface area contributed by atoms with E-state index in [1.54, 1.807) is 10.9 Å². The highest BCUT2D eigenvalue weighted by Crippen LogP contribution is 2.25. The van der Waals surface area contributed by atoms with E-state index in [2.05, 4.69) is 36.2 Å². The molecule has 0 aliphatic heterocycles. The van der Waals surface area contributed by atoms with Gasteiger partial charge in [0.15, 0.2) is 0 Å². The van der Waals surface area contributed by atoms with Crippen LogP contribution in [0.15, 0.2) is 30.5 Å². The lowest BCUT2D eigenvalue weighted by atomic mass is 9.89. The summed E-state index contributed by atoms with van der Waals surface area (Å²) in [5.74, 6) is 0.702. The number of aryl methyl sites for hydroxylation is 2. The maximum Gasteiger partial charge on any atom is 0.255 e. The molecule has 25 heavy (non-hydrogen) atoms. The van der Waals surface area contributed by atoms with Crippen molar-refractivity contribution in [2.45, 2.75) is 39.2 Å².